The van der Waals surface area contributed by atoms with Gasteiger partial charge in [0.15, 0.2) is 0 Å². The first-order valence-electron chi connectivity index (χ1n) is 10.3. The van der Waals surface area contributed by atoms with Crippen LogP contribution in [-0.2, 0) is 20.7 Å². The number of carbonyl (C=O) groups is 3. The Morgan fingerprint density at radius 2 is 1.73 bits per heavy atom. The SMILES string of the molecule is CC(C)(C)OC(=O)NCC1CCC(C(=O)NC(Cc2ccc(Cl)cc2)C(=O)O)CC1. The van der Waals surface area contributed by atoms with E-state index in [1.54, 1.807) is 24.3 Å². The quantitative estimate of drug-likeness (QED) is 0.600. The Morgan fingerprint density at radius 3 is 2.27 bits per heavy atom. The number of carboxylic acids is 1. The van der Waals surface area contributed by atoms with Crippen LogP contribution >= 0.6 is 11.6 Å². The zero-order valence-corrected chi connectivity index (χ0v) is 18.5. The Morgan fingerprint density at radius 1 is 1.13 bits per heavy atom. The van der Waals surface area contributed by atoms with Crippen molar-refractivity contribution in [2.24, 2.45) is 11.8 Å². The van der Waals surface area contributed by atoms with Crippen molar-refractivity contribution in [3.63, 3.8) is 0 Å². The van der Waals surface area contributed by atoms with Gasteiger partial charge in [-0.15, -0.1) is 0 Å². The molecular weight excluding hydrogens is 408 g/mol. The van der Waals surface area contributed by atoms with Crippen LogP contribution in [-0.4, -0.2) is 41.3 Å². The molecule has 3 N–H and O–H groups in total. The lowest BCUT2D eigenvalue weighted by molar-refractivity contribution is -0.142. The third-order valence-corrected chi connectivity index (χ3v) is 5.37. The minimum Gasteiger partial charge on any atom is -0.480 e. The number of hydrogen-bond acceptors (Lipinski definition) is 4. The van der Waals surface area contributed by atoms with E-state index in [-0.39, 0.29) is 24.2 Å². The van der Waals surface area contributed by atoms with Crippen molar-refractivity contribution in [1.29, 1.82) is 0 Å². The Balaban J connectivity index is 1.78. The maximum atomic E-state index is 12.6. The van der Waals surface area contributed by atoms with E-state index in [1.165, 1.54) is 0 Å². The summed E-state index contributed by atoms with van der Waals surface area (Å²) in [6.07, 6.45) is 2.69. The molecular formula is C22H31ClN2O5. The van der Waals surface area contributed by atoms with Crippen molar-refractivity contribution in [1.82, 2.24) is 10.6 Å². The van der Waals surface area contributed by atoms with Crippen molar-refractivity contribution >= 4 is 29.6 Å². The second-order valence-corrected chi connectivity index (χ2v) is 9.27. The third-order valence-electron chi connectivity index (χ3n) is 5.12. The third kappa shape index (κ3) is 8.22. The van der Waals surface area contributed by atoms with Gasteiger partial charge in [0.05, 0.1) is 0 Å². The number of amides is 2. The minimum absolute atomic E-state index is 0.202. The zero-order chi connectivity index (χ0) is 22.3. The summed E-state index contributed by atoms with van der Waals surface area (Å²) in [7, 11) is 0. The first-order valence-corrected chi connectivity index (χ1v) is 10.7. The molecule has 2 amide bonds. The maximum Gasteiger partial charge on any atom is 0.407 e. The lowest BCUT2D eigenvalue weighted by Gasteiger charge is -2.29. The van der Waals surface area contributed by atoms with Gasteiger partial charge < -0.3 is 20.5 Å². The van der Waals surface area contributed by atoms with E-state index in [0.717, 1.165) is 18.4 Å². The maximum absolute atomic E-state index is 12.6. The van der Waals surface area contributed by atoms with Gasteiger partial charge in [-0.05, 0) is 70.1 Å². The van der Waals surface area contributed by atoms with E-state index in [1.807, 2.05) is 20.8 Å². The van der Waals surface area contributed by atoms with Crippen LogP contribution in [0.2, 0.25) is 5.02 Å². The monoisotopic (exact) mass is 438 g/mol. The van der Waals surface area contributed by atoms with E-state index in [4.69, 9.17) is 16.3 Å². The molecule has 7 nitrogen and oxygen atoms in total. The summed E-state index contributed by atoms with van der Waals surface area (Å²) in [6, 6.07) is 5.93. The predicted octanol–water partition coefficient (Wildman–Crippen LogP) is 3.78. The Kier molecular flexibility index (Phi) is 8.53. The fraction of sp³-hybridized carbons (Fsp3) is 0.591. The number of benzene rings is 1. The van der Waals surface area contributed by atoms with Crippen LogP contribution in [0.3, 0.4) is 0 Å². The molecule has 1 atom stereocenters. The lowest BCUT2D eigenvalue weighted by atomic mass is 9.81. The van der Waals surface area contributed by atoms with Gasteiger partial charge in [-0.2, -0.15) is 0 Å². The Bertz CT molecular complexity index is 737. The summed E-state index contributed by atoms with van der Waals surface area (Å²) in [5, 5.41) is 15.5. The molecule has 1 fully saturated rings. The summed E-state index contributed by atoms with van der Waals surface area (Å²) in [4.78, 5) is 36.0. The highest BCUT2D eigenvalue weighted by molar-refractivity contribution is 6.30. The molecule has 0 bridgehead atoms. The van der Waals surface area contributed by atoms with Crippen LogP contribution in [0.4, 0.5) is 4.79 Å². The average molecular weight is 439 g/mol. The Labute approximate surface area is 182 Å². The summed E-state index contributed by atoms with van der Waals surface area (Å²) in [5.74, 6) is -1.22. The van der Waals surface area contributed by atoms with E-state index in [2.05, 4.69) is 10.6 Å². The topological polar surface area (TPSA) is 105 Å². The summed E-state index contributed by atoms with van der Waals surface area (Å²) in [6.45, 7) is 5.95. The number of hydrogen-bond donors (Lipinski definition) is 3. The predicted molar refractivity (Wildman–Crippen MR) is 114 cm³/mol. The van der Waals surface area contributed by atoms with Gasteiger partial charge in [-0.1, -0.05) is 23.7 Å². The van der Waals surface area contributed by atoms with Gasteiger partial charge in [0, 0.05) is 23.9 Å². The van der Waals surface area contributed by atoms with Crippen molar-refractivity contribution in [3.8, 4) is 0 Å². The molecule has 0 aromatic heterocycles. The van der Waals surface area contributed by atoms with Gasteiger partial charge in [-0.3, -0.25) is 4.79 Å². The molecule has 1 saturated carbocycles. The highest BCUT2D eigenvalue weighted by Crippen LogP contribution is 2.28. The molecule has 1 aliphatic rings. The van der Waals surface area contributed by atoms with Crippen molar-refractivity contribution in [3.05, 3.63) is 34.9 Å². The van der Waals surface area contributed by atoms with Gasteiger partial charge in [0.1, 0.15) is 11.6 Å². The fourth-order valence-corrected chi connectivity index (χ4v) is 3.64. The van der Waals surface area contributed by atoms with Crippen LogP contribution in [0.25, 0.3) is 0 Å². The molecule has 8 heteroatoms. The van der Waals surface area contributed by atoms with Crippen molar-refractivity contribution in [2.75, 3.05) is 6.54 Å². The van der Waals surface area contributed by atoms with Crippen LogP contribution < -0.4 is 10.6 Å². The molecule has 0 saturated heterocycles. The minimum atomic E-state index is -1.06. The number of halogens is 1. The molecule has 0 heterocycles. The molecule has 1 unspecified atom stereocenters. The molecule has 2 rings (SSSR count). The van der Waals surface area contributed by atoms with Gasteiger partial charge >= 0.3 is 12.1 Å². The van der Waals surface area contributed by atoms with E-state index in [9.17, 15) is 19.5 Å². The first-order chi connectivity index (χ1) is 14.0. The second kappa shape index (κ2) is 10.7. The molecule has 1 aliphatic carbocycles. The molecule has 0 radical (unpaired) electrons. The van der Waals surface area contributed by atoms with E-state index < -0.39 is 23.7 Å². The molecule has 30 heavy (non-hydrogen) atoms. The summed E-state index contributed by atoms with van der Waals surface area (Å²) >= 11 is 5.86. The second-order valence-electron chi connectivity index (χ2n) is 8.83. The largest absolute Gasteiger partial charge is 0.480 e. The van der Waals surface area contributed by atoms with Crippen molar-refractivity contribution < 1.29 is 24.2 Å². The summed E-state index contributed by atoms with van der Waals surface area (Å²) in [5.41, 5.74) is 0.260. The normalized spacial score (nSPS) is 20.1. The lowest BCUT2D eigenvalue weighted by Crippen LogP contribution is -2.46. The smallest absolute Gasteiger partial charge is 0.407 e. The molecule has 0 spiro atoms. The van der Waals surface area contributed by atoms with Gasteiger partial charge in [-0.25, -0.2) is 9.59 Å². The van der Waals surface area contributed by atoms with Crippen LogP contribution in [0, 0.1) is 11.8 Å². The molecule has 1 aromatic rings. The zero-order valence-electron chi connectivity index (χ0n) is 17.7. The van der Waals surface area contributed by atoms with Crippen LogP contribution in [0.15, 0.2) is 24.3 Å². The summed E-state index contributed by atoms with van der Waals surface area (Å²) < 4.78 is 5.23. The molecule has 1 aromatic carbocycles. The number of carboxylic acid groups (broad SMARTS) is 1. The first kappa shape index (κ1) is 24.0. The Hall–Kier alpha value is -2.28. The van der Waals surface area contributed by atoms with Crippen molar-refractivity contribution in [2.45, 2.75) is 64.5 Å². The number of ether oxygens (including phenoxy) is 1. The number of carbonyl (C=O) groups excluding carboxylic acids is 2. The highest BCUT2D eigenvalue weighted by atomic mass is 35.5. The number of aliphatic carboxylic acids is 1. The van der Waals surface area contributed by atoms with Gasteiger partial charge in [0.25, 0.3) is 0 Å². The average Bonchev–Trinajstić information content (AvgIpc) is 2.66. The number of nitrogens with one attached hydrogen (secondary N) is 2. The molecule has 166 valence electrons. The van der Waals surface area contributed by atoms with E-state index in [0.29, 0.717) is 24.4 Å². The van der Waals surface area contributed by atoms with Gasteiger partial charge in [0.2, 0.25) is 5.91 Å². The standard InChI is InChI=1S/C22H31ClN2O5/c1-22(2,3)30-21(29)24-13-15-4-8-16(9-5-15)19(26)25-18(20(27)28)12-14-6-10-17(23)11-7-14/h6-7,10-11,15-16,18H,4-5,8-9,12-13H2,1-3H3,(H,24,29)(H,25,26)(H,27,28). The highest BCUT2D eigenvalue weighted by Gasteiger charge is 2.30. The number of alkyl carbamates (subject to hydrolysis) is 1. The van der Waals surface area contributed by atoms with E-state index >= 15 is 0 Å². The fourth-order valence-electron chi connectivity index (χ4n) is 3.52. The number of rotatable bonds is 7. The van der Waals surface area contributed by atoms with Crippen LogP contribution in [0.5, 0.6) is 0 Å². The molecule has 0 aliphatic heterocycles. The van der Waals surface area contributed by atoms with Crippen LogP contribution in [0.1, 0.15) is 52.0 Å².